The molecule has 0 heterocycles. The molecule has 1 aromatic carbocycles. The first-order valence-electron chi connectivity index (χ1n) is 4.46. The highest BCUT2D eigenvalue weighted by atomic mass is 32.2. The molecule has 0 amide bonds. The zero-order valence-corrected chi connectivity index (χ0v) is 9.20. The Labute approximate surface area is 93.1 Å². The SMILES string of the molecule is NS(=O)(=O)CCNc1cccc(C(=O)O)c1. The Kier molecular flexibility index (Phi) is 3.86. The van der Waals surface area contributed by atoms with Crippen LogP contribution in [-0.4, -0.2) is 31.8 Å². The summed E-state index contributed by atoms with van der Waals surface area (Å²) in [4.78, 5) is 10.6. The third-order valence-corrected chi connectivity index (χ3v) is 2.60. The fraction of sp³-hybridized carbons (Fsp3) is 0.222. The topological polar surface area (TPSA) is 109 Å². The van der Waals surface area contributed by atoms with Gasteiger partial charge >= 0.3 is 5.97 Å². The minimum atomic E-state index is -3.50. The van der Waals surface area contributed by atoms with E-state index in [-0.39, 0.29) is 17.9 Å². The van der Waals surface area contributed by atoms with Gasteiger partial charge in [0.15, 0.2) is 0 Å². The molecule has 1 aromatic rings. The number of carboxylic acids is 1. The van der Waals surface area contributed by atoms with E-state index in [1.807, 2.05) is 0 Å². The zero-order chi connectivity index (χ0) is 12.2. The maximum absolute atomic E-state index is 10.6. The van der Waals surface area contributed by atoms with E-state index in [2.05, 4.69) is 5.32 Å². The average molecular weight is 244 g/mol. The number of sulfonamides is 1. The van der Waals surface area contributed by atoms with E-state index in [0.717, 1.165) is 0 Å². The molecular weight excluding hydrogens is 232 g/mol. The normalized spacial score (nSPS) is 11.1. The molecule has 0 spiro atoms. The maximum atomic E-state index is 10.6. The highest BCUT2D eigenvalue weighted by Crippen LogP contribution is 2.10. The van der Waals surface area contributed by atoms with E-state index in [9.17, 15) is 13.2 Å². The number of carbonyl (C=O) groups is 1. The van der Waals surface area contributed by atoms with Gasteiger partial charge in [-0.05, 0) is 18.2 Å². The van der Waals surface area contributed by atoms with Crippen molar-refractivity contribution in [3.63, 3.8) is 0 Å². The molecule has 0 saturated carbocycles. The first-order chi connectivity index (χ1) is 7.38. The monoisotopic (exact) mass is 244 g/mol. The van der Waals surface area contributed by atoms with E-state index in [1.54, 1.807) is 12.1 Å². The lowest BCUT2D eigenvalue weighted by atomic mass is 10.2. The summed E-state index contributed by atoms with van der Waals surface area (Å²) >= 11 is 0. The molecule has 88 valence electrons. The summed E-state index contributed by atoms with van der Waals surface area (Å²) in [6, 6.07) is 6.09. The third-order valence-electron chi connectivity index (χ3n) is 1.83. The number of benzene rings is 1. The second kappa shape index (κ2) is 4.95. The van der Waals surface area contributed by atoms with E-state index >= 15 is 0 Å². The van der Waals surface area contributed by atoms with Crippen LogP contribution in [0.5, 0.6) is 0 Å². The van der Waals surface area contributed by atoms with Gasteiger partial charge in [0.1, 0.15) is 0 Å². The van der Waals surface area contributed by atoms with Crippen molar-refractivity contribution in [2.24, 2.45) is 5.14 Å². The minimum absolute atomic E-state index is 0.139. The van der Waals surface area contributed by atoms with Crippen molar-refractivity contribution in [3.8, 4) is 0 Å². The van der Waals surface area contributed by atoms with Gasteiger partial charge in [-0.2, -0.15) is 0 Å². The Balaban J connectivity index is 2.61. The number of rotatable bonds is 5. The van der Waals surface area contributed by atoms with Crippen LogP contribution in [0.25, 0.3) is 0 Å². The van der Waals surface area contributed by atoms with Crippen molar-refractivity contribution in [2.45, 2.75) is 0 Å². The van der Waals surface area contributed by atoms with Crippen LogP contribution in [0.3, 0.4) is 0 Å². The van der Waals surface area contributed by atoms with Crippen molar-refractivity contribution in [2.75, 3.05) is 17.6 Å². The molecule has 0 unspecified atom stereocenters. The quantitative estimate of drug-likeness (QED) is 0.679. The lowest BCUT2D eigenvalue weighted by Crippen LogP contribution is -2.22. The van der Waals surface area contributed by atoms with Gasteiger partial charge in [0.25, 0.3) is 0 Å². The fourth-order valence-electron chi connectivity index (χ4n) is 1.10. The Morgan fingerprint density at radius 2 is 2.12 bits per heavy atom. The highest BCUT2D eigenvalue weighted by molar-refractivity contribution is 7.89. The Hall–Kier alpha value is -1.60. The number of aromatic carboxylic acids is 1. The molecule has 0 aliphatic rings. The predicted molar refractivity (Wildman–Crippen MR) is 59.9 cm³/mol. The summed E-state index contributed by atoms with van der Waals surface area (Å²) in [6.45, 7) is 0.141. The number of carboxylic acid groups (broad SMARTS) is 1. The molecule has 0 bridgehead atoms. The van der Waals surface area contributed by atoms with Gasteiger partial charge in [-0.1, -0.05) is 6.07 Å². The number of hydrogen-bond acceptors (Lipinski definition) is 4. The Bertz CT molecular complexity index is 484. The first-order valence-corrected chi connectivity index (χ1v) is 6.18. The molecule has 6 nitrogen and oxygen atoms in total. The molecule has 0 aliphatic carbocycles. The van der Waals surface area contributed by atoms with Crippen molar-refractivity contribution < 1.29 is 18.3 Å². The number of primary sulfonamides is 1. The lowest BCUT2D eigenvalue weighted by Gasteiger charge is -2.05. The lowest BCUT2D eigenvalue weighted by molar-refractivity contribution is 0.0697. The molecule has 7 heteroatoms. The molecule has 0 aromatic heterocycles. The number of nitrogens with one attached hydrogen (secondary N) is 1. The molecule has 16 heavy (non-hydrogen) atoms. The van der Waals surface area contributed by atoms with Crippen LogP contribution >= 0.6 is 0 Å². The van der Waals surface area contributed by atoms with Gasteiger partial charge in [-0.15, -0.1) is 0 Å². The molecule has 0 atom stereocenters. The maximum Gasteiger partial charge on any atom is 0.335 e. The average Bonchev–Trinajstić information content (AvgIpc) is 2.16. The van der Waals surface area contributed by atoms with Gasteiger partial charge in [0.2, 0.25) is 10.0 Å². The fourth-order valence-corrected chi connectivity index (χ4v) is 1.49. The van der Waals surface area contributed by atoms with Crippen LogP contribution in [-0.2, 0) is 10.0 Å². The van der Waals surface area contributed by atoms with E-state index in [4.69, 9.17) is 10.2 Å². The summed E-state index contributed by atoms with van der Waals surface area (Å²) < 4.78 is 21.3. The Morgan fingerprint density at radius 3 is 2.69 bits per heavy atom. The van der Waals surface area contributed by atoms with Gasteiger partial charge in [-0.3, -0.25) is 0 Å². The number of nitrogens with two attached hydrogens (primary N) is 1. The van der Waals surface area contributed by atoms with Crippen LogP contribution in [0.1, 0.15) is 10.4 Å². The number of hydrogen-bond donors (Lipinski definition) is 3. The molecular formula is C9H12N2O4S. The third kappa shape index (κ3) is 4.28. The summed E-state index contributed by atoms with van der Waals surface area (Å²) in [7, 11) is -3.50. The molecule has 0 saturated heterocycles. The van der Waals surface area contributed by atoms with Gasteiger partial charge in [-0.25, -0.2) is 18.4 Å². The standard InChI is InChI=1S/C9H12N2O4S/c10-16(14,15)5-4-11-8-3-1-2-7(6-8)9(12)13/h1-3,6,11H,4-5H2,(H,12,13)(H2,10,14,15). The van der Waals surface area contributed by atoms with Crippen molar-refractivity contribution >= 4 is 21.7 Å². The van der Waals surface area contributed by atoms with Gasteiger partial charge in [0, 0.05) is 12.2 Å². The molecule has 1 rings (SSSR count). The van der Waals surface area contributed by atoms with Crippen molar-refractivity contribution in [3.05, 3.63) is 29.8 Å². The molecule has 0 radical (unpaired) electrons. The van der Waals surface area contributed by atoms with Crippen molar-refractivity contribution in [1.82, 2.24) is 0 Å². The smallest absolute Gasteiger partial charge is 0.335 e. The van der Waals surface area contributed by atoms with E-state index in [1.165, 1.54) is 12.1 Å². The molecule has 0 fully saturated rings. The van der Waals surface area contributed by atoms with Crippen LogP contribution in [0.15, 0.2) is 24.3 Å². The predicted octanol–water partition coefficient (Wildman–Crippen LogP) is 0.0852. The first kappa shape index (κ1) is 12.5. The zero-order valence-electron chi connectivity index (χ0n) is 8.38. The van der Waals surface area contributed by atoms with E-state index < -0.39 is 16.0 Å². The minimum Gasteiger partial charge on any atom is -0.478 e. The second-order valence-electron chi connectivity index (χ2n) is 3.18. The van der Waals surface area contributed by atoms with Crippen LogP contribution in [0.4, 0.5) is 5.69 Å². The van der Waals surface area contributed by atoms with Gasteiger partial charge < -0.3 is 10.4 Å². The van der Waals surface area contributed by atoms with Crippen LogP contribution in [0, 0.1) is 0 Å². The van der Waals surface area contributed by atoms with Gasteiger partial charge in [0.05, 0.1) is 11.3 Å². The summed E-state index contributed by atoms with van der Waals surface area (Å²) in [5, 5.41) is 16.3. The molecule has 0 aliphatic heterocycles. The van der Waals surface area contributed by atoms with Crippen molar-refractivity contribution in [1.29, 1.82) is 0 Å². The second-order valence-corrected chi connectivity index (χ2v) is 4.91. The molecule has 4 N–H and O–H groups in total. The Morgan fingerprint density at radius 1 is 1.44 bits per heavy atom. The summed E-state index contributed by atoms with van der Waals surface area (Å²) in [5.41, 5.74) is 0.684. The summed E-state index contributed by atoms with van der Waals surface area (Å²) in [6.07, 6.45) is 0. The highest BCUT2D eigenvalue weighted by Gasteiger charge is 2.04. The largest absolute Gasteiger partial charge is 0.478 e. The summed E-state index contributed by atoms with van der Waals surface area (Å²) in [5.74, 6) is -1.24. The number of anilines is 1. The van der Waals surface area contributed by atoms with Crippen LogP contribution < -0.4 is 10.5 Å². The van der Waals surface area contributed by atoms with E-state index in [0.29, 0.717) is 5.69 Å². The van der Waals surface area contributed by atoms with Crippen LogP contribution in [0.2, 0.25) is 0 Å².